The van der Waals surface area contributed by atoms with Gasteiger partial charge in [-0.1, -0.05) is 67.5 Å². The Labute approximate surface area is 158 Å². The van der Waals surface area contributed by atoms with Crippen LogP contribution in [0.2, 0.25) is 0 Å². The fourth-order valence-electron chi connectivity index (χ4n) is 3.27. The molecule has 0 aliphatic carbocycles. The molecule has 6 nitrogen and oxygen atoms in total. The van der Waals surface area contributed by atoms with Gasteiger partial charge in [0.1, 0.15) is 5.41 Å². The number of oxime groups is 1. The quantitative estimate of drug-likeness (QED) is 0.473. The zero-order chi connectivity index (χ0) is 19.3. The number of hydrogen-bond acceptors (Lipinski definition) is 4. The summed E-state index contributed by atoms with van der Waals surface area (Å²) >= 11 is 0. The fourth-order valence-corrected chi connectivity index (χ4v) is 3.27. The van der Waals surface area contributed by atoms with Crippen LogP contribution in [0.1, 0.15) is 32.3 Å². The Kier molecular flexibility index (Phi) is 5.54. The Hall–Kier alpha value is -3.15. The third-order valence-corrected chi connectivity index (χ3v) is 5.02. The Balaban J connectivity index is 1.76. The monoisotopic (exact) mass is 365 g/mol. The van der Waals surface area contributed by atoms with Gasteiger partial charge in [0.25, 0.3) is 0 Å². The molecule has 1 N–H and O–H groups in total. The van der Waals surface area contributed by atoms with Crippen LogP contribution in [-0.4, -0.2) is 29.3 Å². The lowest BCUT2D eigenvalue weighted by Crippen LogP contribution is -2.71. The summed E-state index contributed by atoms with van der Waals surface area (Å²) < 4.78 is 0. The largest absolute Gasteiger partial charge is 0.369 e. The first-order valence-electron chi connectivity index (χ1n) is 9.06. The normalized spacial score (nSPS) is 18.2. The molecule has 0 saturated carbocycles. The number of likely N-dealkylation sites (tertiary alicyclic amines) is 1. The Morgan fingerprint density at radius 2 is 1.70 bits per heavy atom. The molecule has 1 saturated heterocycles. The first-order valence-corrected chi connectivity index (χ1v) is 9.06. The van der Waals surface area contributed by atoms with Crippen molar-refractivity contribution in [1.29, 1.82) is 0 Å². The van der Waals surface area contributed by atoms with E-state index in [9.17, 15) is 9.59 Å². The molecule has 2 aromatic rings. The van der Waals surface area contributed by atoms with Crippen molar-refractivity contribution in [3.63, 3.8) is 0 Å². The third-order valence-electron chi connectivity index (χ3n) is 5.02. The van der Waals surface area contributed by atoms with E-state index in [-0.39, 0.29) is 5.91 Å². The van der Waals surface area contributed by atoms with Gasteiger partial charge in [-0.15, -0.1) is 0 Å². The number of carbonyl (C=O) groups is 2. The minimum Gasteiger partial charge on any atom is -0.369 e. The van der Waals surface area contributed by atoms with Crippen LogP contribution in [0.4, 0.5) is 10.5 Å². The highest BCUT2D eigenvalue weighted by Crippen LogP contribution is 2.46. The third kappa shape index (κ3) is 3.56. The molecule has 6 heteroatoms. The predicted octanol–water partition coefficient (Wildman–Crippen LogP) is 4.24. The first-order chi connectivity index (χ1) is 13.1. The van der Waals surface area contributed by atoms with Crippen LogP contribution >= 0.6 is 0 Å². The van der Waals surface area contributed by atoms with Crippen LogP contribution in [-0.2, 0) is 9.63 Å². The van der Waals surface area contributed by atoms with Crippen molar-refractivity contribution in [2.75, 3.05) is 5.32 Å². The SMILES string of the molecule is CCC1(CC)C(=O)N(C(=O)Nc2ccccc2)C1O/N=C/c1ccccc1. The molecule has 27 heavy (non-hydrogen) atoms. The number of para-hydroxylation sites is 1. The van der Waals surface area contributed by atoms with Crippen LogP contribution in [0.3, 0.4) is 0 Å². The second kappa shape index (κ2) is 8.03. The number of benzene rings is 2. The van der Waals surface area contributed by atoms with Gasteiger partial charge in [-0.25, -0.2) is 9.69 Å². The van der Waals surface area contributed by atoms with Gasteiger partial charge in [-0.3, -0.25) is 4.79 Å². The summed E-state index contributed by atoms with van der Waals surface area (Å²) in [7, 11) is 0. The predicted molar refractivity (Wildman–Crippen MR) is 104 cm³/mol. The number of β-lactam (4-membered cyclic amide) rings is 1. The van der Waals surface area contributed by atoms with Crippen LogP contribution in [0.5, 0.6) is 0 Å². The van der Waals surface area contributed by atoms with Gasteiger partial charge >= 0.3 is 6.03 Å². The number of anilines is 1. The zero-order valence-corrected chi connectivity index (χ0v) is 15.5. The summed E-state index contributed by atoms with van der Waals surface area (Å²) in [6.07, 6.45) is 1.99. The Morgan fingerprint density at radius 1 is 1.11 bits per heavy atom. The highest BCUT2D eigenvalue weighted by Gasteiger charge is 2.63. The first kappa shape index (κ1) is 18.6. The maximum atomic E-state index is 12.8. The lowest BCUT2D eigenvalue weighted by atomic mass is 9.72. The van der Waals surface area contributed by atoms with E-state index in [1.807, 2.05) is 62.4 Å². The zero-order valence-electron chi connectivity index (χ0n) is 15.5. The van der Waals surface area contributed by atoms with Crippen LogP contribution in [0.15, 0.2) is 65.8 Å². The second-order valence-electron chi connectivity index (χ2n) is 6.44. The molecule has 1 fully saturated rings. The summed E-state index contributed by atoms with van der Waals surface area (Å²) in [6.45, 7) is 3.84. The molecule has 2 aromatic carbocycles. The van der Waals surface area contributed by atoms with E-state index in [2.05, 4.69) is 10.5 Å². The number of nitrogens with one attached hydrogen (secondary N) is 1. The molecule has 1 aliphatic heterocycles. The van der Waals surface area contributed by atoms with Crippen molar-refractivity contribution >= 4 is 23.8 Å². The molecule has 3 rings (SSSR count). The maximum Gasteiger partial charge on any atom is 0.331 e. The molecule has 1 heterocycles. The molecule has 3 amide bonds. The van der Waals surface area contributed by atoms with Crippen molar-refractivity contribution in [3.05, 3.63) is 66.2 Å². The maximum absolute atomic E-state index is 12.8. The van der Waals surface area contributed by atoms with E-state index < -0.39 is 17.7 Å². The molecular weight excluding hydrogens is 342 g/mol. The van der Waals surface area contributed by atoms with E-state index in [4.69, 9.17) is 4.84 Å². The average molecular weight is 365 g/mol. The van der Waals surface area contributed by atoms with E-state index in [1.54, 1.807) is 18.3 Å². The Bertz CT molecular complexity index is 817. The van der Waals surface area contributed by atoms with Gasteiger partial charge in [0, 0.05) is 5.69 Å². The highest BCUT2D eigenvalue weighted by molar-refractivity contribution is 6.07. The number of hydrogen-bond donors (Lipinski definition) is 1. The van der Waals surface area contributed by atoms with Gasteiger partial charge < -0.3 is 10.2 Å². The molecule has 1 atom stereocenters. The van der Waals surface area contributed by atoms with Crippen molar-refractivity contribution in [3.8, 4) is 0 Å². The van der Waals surface area contributed by atoms with Crippen molar-refractivity contribution in [2.24, 2.45) is 10.6 Å². The Morgan fingerprint density at radius 3 is 2.30 bits per heavy atom. The van der Waals surface area contributed by atoms with Crippen molar-refractivity contribution in [1.82, 2.24) is 4.90 Å². The minimum atomic E-state index is -0.734. The molecule has 1 unspecified atom stereocenters. The smallest absolute Gasteiger partial charge is 0.331 e. The summed E-state index contributed by atoms with van der Waals surface area (Å²) in [5, 5.41) is 6.76. The standard InChI is InChI=1S/C21H23N3O3/c1-3-21(4-2)18(25)24(20(26)23-17-13-9-6-10-14-17)19(21)27-22-15-16-11-7-5-8-12-16/h5-15,19H,3-4H2,1-2H3,(H,23,26)/b22-15+. The lowest BCUT2D eigenvalue weighted by Gasteiger charge is -2.51. The number of urea groups is 1. The average Bonchev–Trinajstić information content (AvgIpc) is 2.70. The molecule has 0 bridgehead atoms. The number of carbonyl (C=O) groups excluding carboxylic acids is 2. The number of amides is 3. The fraction of sp³-hybridized carbons (Fsp3) is 0.286. The molecule has 0 aromatic heterocycles. The molecule has 0 spiro atoms. The molecule has 1 aliphatic rings. The summed E-state index contributed by atoms with van der Waals surface area (Å²) in [5.41, 5.74) is 0.761. The van der Waals surface area contributed by atoms with E-state index >= 15 is 0 Å². The highest BCUT2D eigenvalue weighted by atomic mass is 16.7. The van der Waals surface area contributed by atoms with Gasteiger partial charge in [0.2, 0.25) is 12.1 Å². The number of rotatable bonds is 6. The minimum absolute atomic E-state index is 0.235. The molecule has 140 valence electrons. The van der Waals surface area contributed by atoms with E-state index in [0.717, 1.165) is 10.5 Å². The van der Waals surface area contributed by atoms with Gasteiger partial charge in [0.15, 0.2) is 0 Å². The summed E-state index contributed by atoms with van der Waals surface area (Å²) in [4.78, 5) is 32.1. The van der Waals surface area contributed by atoms with Crippen molar-refractivity contribution < 1.29 is 14.4 Å². The van der Waals surface area contributed by atoms with Crippen LogP contribution in [0.25, 0.3) is 0 Å². The lowest BCUT2D eigenvalue weighted by molar-refractivity contribution is -0.209. The van der Waals surface area contributed by atoms with Crippen LogP contribution < -0.4 is 5.32 Å². The summed E-state index contributed by atoms with van der Waals surface area (Å²) in [6, 6.07) is 18.0. The number of imide groups is 1. The van der Waals surface area contributed by atoms with E-state index in [1.165, 1.54) is 0 Å². The van der Waals surface area contributed by atoms with Gasteiger partial charge in [-0.05, 0) is 30.5 Å². The second-order valence-corrected chi connectivity index (χ2v) is 6.44. The topological polar surface area (TPSA) is 71.0 Å². The molecule has 0 radical (unpaired) electrons. The van der Waals surface area contributed by atoms with Gasteiger partial charge in [0.05, 0.1) is 6.21 Å². The van der Waals surface area contributed by atoms with Crippen molar-refractivity contribution in [2.45, 2.75) is 32.9 Å². The van der Waals surface area contributed by atoms with Crippen LogP contribution in [0, 0.1) is 5.41 Å². The molecular formula is C21H23N3O3. The van der Waals surface area contributed by atoms with E-state index in [0.29, 0.717) is 18.5 Å². The number of nitrogens with zero attached hydrogens (tertiary/aromatic N) is 2. The summed E-state index contributed by atoms with van der Waals surface area (Å²) in [5.74, 6) is -0.235. The van der Waals surface area contributed by atoms with Gasteiger partial charge in [-0.2, -0.15) is 0 Å².